The van der Waals surface area contributed by atoms with Gasteiger partial charge in [-0.25, -0.2) is 13.1 Å². The molecule has 1 aromatic rings. The van der Waals surface area contributed by atoms with Gasteiger partial charge < -0.3 is 14.2 Å². The topological polar surface area (TPSA) is 73.9 Å². The average molecular weight is 329 g/mol. The van der Waals surface area contributed by atoms with Crippen molar-refractivity contribution in [2.75, 3.05) is 20.0 Å². The number of hydrogen-bond donors (Lipinski definition) is 1. The van der Waals surface area contributed by atoms with Crippen LogP contribution in [0.25, 0.3) is 0 Å². The summed E-state index contributed by atoms with van der Waals surface area (Å²) in [5, 5.41) is 0. The Labute approximate surface area is 131 Å². The molecule has 124 valence electrons. The largest absolute Gasteiger partial charge is 0.493 e. The Balaban J connectivity index is 2.51. The van der Waals surface area contributed by atoms with Gasteiger partial charge in [-0.15, -0.1) is 0 Å². The summed E-state index contributed by atoms with van der Waals surface area (Å²) in [6.45, 7) is 5.47. The van der Waals surface area contributed by atoms with Gasteiger partial charge in [0.15, 0.2) is 11.5 Å². The Morgan fingerprint density at radius 3 is 2.41 bits per heavy atom. The predicted octanol–water partition coefficient (Wildman–Crippen LogP) is 2.25. The summed E-state index contributed by atoms with van der Waals surface area (Å²) < 4.78 is 43.2. The third-order valence-corrected chi connectivity index (χ3v) is 5.08. The zero-order chi connectivity index (χ0) is 16.5. The molecule has 0 spiro atoms. The first-order chi connectivity index (χ1) is 10.2. The molecule has 0 saturated heterocycles. The third-order valence-electron chi connectivity index (χ3n) is 3.68. The molecule has 22 heavy (non-hydrogen) atoms. The zero-order valence-electron chi connectivity index (χ0n) is 13.6. The van der Waals surface area contributed by atoms with Crippen molar-refractivity contribution in [3.8, 4) is 17.2 Å². The smallest absolute Gasteiger partial charge is 0.211 e. The monoisotopic (exact) mass is 329 g/mol. The van der Waals surface area contributed by atoms with Crippen molar-refractivity contribution in [1.82, 2.24) is 4.72 Å². The van der Waals surface area contributed by atoms with E-state index >= 15 is 0 Å². The van der Waals surface area contributed by atoms with Crippen LogP contribution in [-0.2, 0) is 10.0 Å². The highest BCUT2D eigenvalue weighted by atomic mass is 32.2. The van der Waals surface area contributed by atoms with E-state index in [9.17, 15) is 8.42 Å². The van der Waals surface area contributed by atoms with Crippen molar-refractivity contribution < 1.29 is 22.6 Å². The summed E-state index contributed by atoms with van der Waals surface area (Å²) in [5.41, 5.74) is 0.280. The van der Waals surface area contributed by atoms with Crippen LogP contribution in [0.4, 0.5) is 0 Å². The maximum absolute atomic E-state index is 12.0. The van der Waals surface area contributed by atoms with Crippen LogP contribution in [0.15, 0.2) is 12.1 Å². The summed E-state index contributed by atoms with van der Waals surface area (Å²) in [6.07, 6.45) is 0.536. The van der Waals surface area contributed by atoms with Gasteiger partial charge in [0.05, 0.1) is 26.0 Å². The van der Waals surface area contributed by atoms with E-state index in [1.54, 1.807) is 33.3 Å². The van der Waals surface area contributed by atoms with Gasteiger partial charge in [-0.2, -0.15) is 0 Å². The van der Waals surface area contributed by atoms with Crippen LogP contribution < -0.4 is 18.9 Å². The summed E-state index contributed by atoms with van der Waals surface area (Å²) in [4.78, 5) is 0. The lowest BCUT2D eigenvalue weighted by molar-refractivity contribution is 0.0696. The van der Waals surface area contributed by atoms with Crippen molar-refractivity contribution in [3.05, 3.63) is 17.7 Å². The Kier molecular flexibility index (Phi) is 4.58. The van der Waals surface area contributed by atoms with Gasteiger partial charge in [-0.3, -0.25) is 0 Å². The molecule has 0 aliphatic carbocycles. The van der Waals surface area contributed by atoms with Gasteiger partial charge in [0, 0.05) is 18.1 Å². The average Bonchev–Trinajstić information content (AvgIpc) is 2.44. The molecule has 1 atom stereocenters. The van der Waals surface area contributed by atoms with Gasteiger partial charge in [-0.05, 0) is 26.8 Å². The van der Waals surface area contributed by atoms with Crippen LogP contribution in [-0.4, -0.2) is 34.0 Å². The molecule has 1 aromatic carbocycles. The summed E-state index contributed by atoms with van der Waals surface area (Å²) >= 11 is 0. The van der Waals surface area contributed by atoms with E-state index in [-0.39, 0.29) is 11.8 Å². The minimum absolute atomic E-state index is 0.0351. The standard InChI is InChI=1S/C15H23NO5S/c1-6-22(17,18)16-11-9-15(2,3)21-12-8-14(20-5)13(19-4)7-10(11)12/h7-8,11,16H,6,9H2,1-5H3. The minimum atomic E-state index is -3.32. The highest BCUT2D eigenvalue weighted by Crippen LogP contribution is 2.45. The molecule has 0 fully saturated rings. The first-order valence-corrected chi connectivity index (χ1v) is 8.81. The van der Waals surface area contributed by atoms with E-state index < -0.39 is 15.6 Å². The first kappa shape index (κ1) is 16.9. The van der Waals surface area contributed by atoms with Gasteiger partial charge in [0.25, 0.3) is 0 Å². The Morgan fingerprint density at radius 2 is 1.86 bits per heavy atom. The van der Waals surface area contributed by atoms with Gasteiger partial charge in [-0.1, -0.05) is 0 Å². The second-order valence-electron chi connectivity index (χ2n) is 5.88. The lowest BCUT2D eigenvalue weighted by Gasteiger charge is -2.38. The van der Waals surface area contributed by atoms with E-state index in [0.29, 0.717) is 23.7 Å². The van der Waals surface area contributed by atoms with E-state index in [1.165, 1.54) is 0 Å². The molecule has 2 rings (SSSR count). The number of nitrogens with one attached hydrogen (secondary N) is 1. The Hall–Kier alpha value is -1.47. The summed E-state index contributed by atoms with van der Waals surface area (Å²) in [7, 11) is -0.229. The van der Waals surface area contributed by atoms with Crippen molar-refractivity contribution in [2.45, 2.75) is 38.8 Å². The highest BCUT2D eigenvalue weighted by molar-refractivity contribution is 7.89. The third kappa shape index (κ3) is 3.47. The molecular weight excluding hydrogens is 306 g/mol. The number of methoxy groups -OCH3 is 2. The lowest BCUT2D eigenvalue weighted by Crippen LogP contribution is -2.41. The summed E-state index contributed by atoms with van der Waals surface area (Å²) in [6, 6.07) is 3.15. The first-order valence-electron chi connectivity index (χ1n) is 7.16. The molecule has 1 heterocycles. The van der Waals surface area contributed by atoms with E-state index in [1.807, 2.05) is 13.8 Å². The predicted molar refractivity (Wildman–Crippen MR) is 84.2 cm³/mol. The van der Waals surface area contributed by atoms with E-state index in [4.69, 9.17) is 14.2 Å². The molecule has 1 unspecified atom stereocenters. The number of hydrogen-bond acceptors (Lipinski definition) is 5. The lowest BCUT2D eigenvalue weighted by atomic mass is 9.90. The second kappa shape index (κ2) is 5.96. The van der Waals surface area contributed by atoms with Gasteiger partial charge in [0.1, 0.15) is 11.4 Å². The van der Waals surface area contributed by atoms with E-state index in [2.05, 4.69) is 4.72 Å². The zero-order valence-corrected chi connectivity index (χ0v) is 14.4. The fraction of sp³-hybridized carbons (Fsp3) is 0.600. The molecule has 7 heteroatoms. The van der Waals surface area contributed by atoms with Crippen LogP contribution in [0, 0.1) is 0 Å². The Morgan fingerprint density at radius 1 is 1.27 bits per heavy atom. The van der Waals surface area contributed by atoms with Crippen LogP contribution in [0.2, 0.25) is 0 Å². The fourth-order valence-corrected chi connectivity index (χ4v) is 3.39. The number of sulfonamides is 1. The fourth-order valence-electron chi connectivity index (χ4n) is 2.58. The second-order valence-corrected chi connectivity index (χ2v) is 7.93. The number of rotatable bonds is 5. The van der Waals surface area contributed by atoms with Crippen molar-refractivity contribution >= 4 is 10.0 Å². The molecular formula is C15H23NO5S. The molecule has 1 N–H and O–H groups in total. The molecule has 0 amide bonds. The molecule has 0 aromatic heterocycles. The molecule has 0 bridgehead atoms. The SMILES string of the molecule is CCS(=O)(=O)NC1CC(C)(C)Oc2cc(OC)c(OC)cc21. The van der Waals surface area contributed by atoms with Crippen LogP contribution >= 0.6 is 0 Å². The van der Waals surface area contributed by atoms with Gasteiger partial charge in [0.2, 0.25) is 10.0 Å². The van der Waals surface area contributed by atoms with Crippen molar-refractivity contribution in [3.63, 3.8) is 0 Å². The molecule has 1 aliphatic heterocycles. The molecule has 1 aliphatic rings. The number of benzene rings is 1. The number of ether oxygens (including phenoxy) is 3. The molecule has 6 nitrogen and oxygen atoms in total. The highest BCUT2D eigenvalue weighted by Gasteiger charge is 2.36. The summed E-state index contributed by atoms with van der Waals surface area (Å²) in [5.74, 6) is 1.74. The van der Waals surface area contributed by atoms with Crippen LogP contribution in [0.1, 0.15) is 38.8 Å². The number of fused-ring (bicyclic) bond motifs is 1. The quantitative estimate of drug-likeness (QED) is 0.897. The van der Waals surface area contributed by atoms with Crippen LogP contribution in [0.3, 0.4) is 0 Å². The van der Waals surface area contributed by atoms with E-state index in [0.717, 1.165) is 5.56 Å². The molecule has 0 saturated carbocycles. The van der Waals surface area contributed by atoms with Crippen molar-refractivity contribution in [1.29, 1.82) is 0 Å². The van der Waals surface area contributed by atoms with Gasteiger partial charge >= 0.3 is 0 Å². The minimum Gasteiger partial charge on any atom is -0.493 e. The van der Waals surface area contributed by atoms with Crippen molar-refractivity contribution in [2.24, 2.45) is 0 Å². The molecule has 0 radical (unpaired) electrons. The maximum Gasteiger partial charge on any atom is 0.211 e. The Bertz CT molecular complexity index is 654. The maximum atomic E-state index is 12.0. The van der Waals surface area contributed by atoms with Crippen LogP contribution in [0.5, 0.6) is 17.2 Å². The normalized spacial score (nSPS) is 20.0.